The second kappa shape index (κ2) is 5.67. The molecule has 5 heteroatoms. The molecule has 1 fully saturated rings. The van der Waals surface area contributed by atoms with E-state index in [1.165, 1.54) is 0 Å². The predicted octanol–water partition coefficient (Wildman–Crippen LogP) is 1.33. The van der Waals surface area contributed by atoms with E-state index in [-0.39, 0.29) is 5.41 Å². The lowest BCUT2D eigenvalue weighted by Crippen LogP contribution is -2.48. The molecule has 0 saturated carbocycles. The van der Waals surface area contributed by atoms with Crippen LogP contribution in [0.3, 0.4) is 0 Å². The Balaban J connectivity index is 2.53. The third kappa shape index (κ3) is 2.35. The molecule has 1 aromatic carbocycles. The van der Waals surface area contributed by atoms with Gasteiger partial charge in [-0.25, -0.2) is 0 Å². The van der Waals surface area contributed by atoms with Crippen molar-refractivity contribution in [3.63, 3.8) is 0 Å². The maximum absolute atomic E-state index is 5.74. The van der Waals surface area contributed by atoms with Crippen molar-refractivity contribution in [2.75, 3.05) is 41.1 Å². The standard InChI is InChI=1S/C14H21NO4/c1-16-10-6-11(17-2)13(12(7-10)18-3)14(4-5-15)8-19-9-14/h6-7H,4-5,8-9,15H2,1-3H3. The second-order valence-corrected chi connectivity index (χ2v) is 4.72. The van der Waals surface area contributed by atoms with E-state index in [4.69, 9.17) is 24.7 Å². The normalized spacial score (nSPS) is 16.6. The van der Waals surface area contributed by atoms with Crippen molar-refractivity contribution in [1.29, 1.82) is 0 Å². The Morgan fingerprint density at radius 3 is 2.00 bits per heavy atom. The van der Waals surface area contributed by atoms with Gasteiger partial charge in [-0.3, -0.25) is 0 Å². The first kappa shape index (κ1) is 14.0. The first-order chi connectivity index (χ1) is 9.20. The van der Waals surface area contributed by atoms with Crippen molar-refractivity contribution >= 4 is 0 Å². The van der Waals surface area contributed by atoms with Gasteiger partial charge in [0.1, 0.15) is 17.2 Å². The Hall–Kier alpha value is -1.46. The Kier molecular flexibility index (Phi) is 4.17. The summed E-state index contributed by atoms with van der Waals surface area (Å²) < 4.78 is 21.7. The van der Waals surface area contributed by atoms with E-state index in [0.29, 0.717) is 25.5 Å². The predicted molar refractivity (Wildman–Crippen MR) is 72.3 cm³/mol. The highest BCUT2D eigenvalue weighted by atomic mass is 16.5. The number of benzene rings is 1. The van der Waals surface area contributed by atoms with Crippen LogP contribution in [0.15, 0.2) is 12.1 Å². The summed E-state index contributed by atoms with van der Waals surface area (Å²) in [6, 6.07) is 3.74. The summed E-state index contributed by atoms with van der Waals surface area (Å²) in [5, 5.41) is 0. The third-order valence-electron chi connectivity index (χ3n) is 3.62. The molecule has 0 aliphatic carbocycles. The lowest BCUT2D eigenvalue weighted by Gasteiger charge is -2.43. The average Bonchev–Trinajstić information content (AvgIpc) is 2.41. The fraction of sp³-hybridized carbons (Fsp3) is 0.571. The van der Waals surface area contributed by atoms with Crippen LogP contribution in [0.5, 0.6) is 17.2 Å². The molecule has 2 rings (SSSR count). The van der Waals surface area contributed by atoms with Gasteiger partial charge in [-0.2, -0.15) is 0 Å². The summed E-state index contributed by atoms with van der Waals surface area (Å²) >= 11 is 0. The molecule has 1 saturated heterocycles. The van der Waals surface area contributed by atoms with E-state index in [1.807, 2.05) is 12.1 Å². The molecular weight excluding hydrogens is 246 g/mol. The summed E-state index contributed by atoms with van der Waals surface area (Å²) in [5.74, 6) is 2.22. The van der Waals surface area contributed by atoms with Crippen molar-refractivity contribution in [2.24, 2.45) is 5.73 Å². The zero-order valence-electron chi connectivity index (χ0n) is 11.7. The minimum absolute atomic E-state index is 0.113. The number of methoxy groups -OCH3 is 3. The highest BCUT2D eigenvalue weighted by molar-refractivity contribution is 5.55. The van der Waals surface area contributed by atoms with E-state index in [9.17, 15) is 0 Å². The maximum atomic E-state index is 5.74. The summed E-state index contributed by atoms with van der Waals surface area (Å²) in [6.07, 6.45) is 0.839. The molecule has 106 valence electrons. The highest BCUT2D eigenvalue weighted by Gasteiger charge is 2.44. The van der Waals surface area contributed by atoms with Crippen molar-refractivity contribution in [3.8, 4) is 17.2 Å². The van der Waals surface area contributed by atoms with Gasteiger partial charge in [-0.05, 0) is 13.0 Å². The molecule has 1 heterocycles. The van der Waals surface area contributed by atoms with Gasteiger partial charge >= 0.3 is 0 Å². The van der Waals surface area contributed by atoms with E-state index < -0.39 is 0 Å². The minimum Gasteiger partial charge on any atom is -0.496 e. The zero-order chi connectivity index (χ0) is 13.9. The van der Waals surface area contributed by atoms with Crippen LogP contribution < -0.4 is 19.9 Å². The Morgan fingerprint density at radius 2 is 1.68 bits per heavy atom. The van der Waals surface area contributed by atoms with Crippen LogP contribution in [-0.2, 0) is 10.2 Å². The van der Waals surface area contributed by atoms with Gasteiger partial charge in [-0.15, -0.1) is 0 Å². The molecule has 1 aliphatic rings. The van der Waals surface area contributed by atoms with Crippen molar-refractivity contribution in [2.45, 2.75) is 11.8 Å². The van der Waals surface area contributed by atoms with Crippen LogP contribution in [0.4, 0.5) is 0 Å². The number of hydrogen-bond acceptors (Lipinski definition) is 5. The molecule has 0 aromatic heterocycles. The smallest absolute Gasteiger partial charge is 0.130 e. The van der Waals surface area contributed by atoms with Crippen molar-refractivity contribution < 1.29 is 18.9 Å². The quantitative estimate of drug-likeness (QED) is 0.842. The van der Waals surface area contributed by atoms with Gasteiger partial charge in [-0.1, -0.05) is 0 Å². The molecule has 2 N–H and O–H groups in total. The molecule has 0 bridgehead atoms. The van der Waals surface area contributed by atoms with Gasteiger partial charge in [0, 0.05) is 17.7 Å². The monoisotopic (exact) mass is 267 g/mol. The van der Waals surface area contributed by atoms with Crippen LogP contribution >= 0.6 is 0 Å². The Morgan fingerprint density at radius 1 is 1.11 bits per heavy atom. The SMILES string of the molecule is COc1cc(OC)c(C2(CCN)COC2)c(OC)c1. The molecule has 19 heavy (non-hydrogen) atoms. The fourth-order valence-electron chi connectivity index (χ4n) is 2.57. The molecule has 0 unspecified atom stereocenters. The maximum Gasteiger partial charge on any atom is 0.130 e. The third-order valence-corrected chi connectivity index (χ3v) is 3.62. The highest BCUT2D eigenvalue weighted by Crippen LogP contribution is 2.47. The van der Waals surface area contributed by atoms with E-state index in [1.54, 1.807) is 21.3 Å². The first-order valence-corrected chi connectivity index (χ1v) is 6.29. The molecule has 1 aromatic rings. The molecule has 5 nitrogen and oxygen atoms in total. The van der Waals surface area contributed by atoms with Crippen molar-refractivity contribution in [3.05, 3.63) is 17.7 Å². The molecule has 0 spiro atoms. The lowest BCUT2D eigenvalue weighted by atomic mass is 9.75. The fourth-order valence-corrected chi connectivity index (χ4v) is 2.57. The molecule has 0 amide bonds. The van der Waals surface area contributed by atoms with Crippen LogP contribution in [0, 0.1) is 0 Å². The summed E-state index contributed by atoms with van der Waals surface area (Å²) in [4.78, 5) is 0. The van der Waals surface area contributed by atoms with Gasteiger partial charge in [0.15, 0.2) is 0 Å². The van der Waals surface area contributed by atoms with Gasteiger partial charge in [0.25, 0.3) is 0 Å². The van der Waals surface area contributed by atoms with Crippen molar-refractivity contribution in [1.82, 2.24) is 0 Å². The molecule has 0 atom stereocenters. The summed E-state index contributed by atoms with van der Waals surface area (Å²) in [7, 11) is 4.91. The number of ether oxygens (including phenoxy) is 4. The molecule has 1 aliphatic heterocycles. The number of rotatable bonds is 6. The van der Waals surface area contributed by atoms with E-state index in [2.05, 4.69) is 0 Å². The number of nitrogens with two attached hydrogens (primary N) is 1. The molecule has 0 radical (unpaired) electrons. The number of hydrogen-bond donors (Lipinski definition) is 1. The van der Waals surface area contributed by atoms with Crippen LogP contribution in [0.1, 0.15) is 12.0 Å². The Bertz CT molecular complexity index is 418. The van der Waals surface area contributed by atoms with Gasteiger partial charge < -0.3 is 24.7 Å². The van der Waals surface area contributed by atoms with Gasteiger partial charge in [0.2, 0.25) is 0 Å². The van der Waals surface area contributed by atoms with Crippen LogP contribution in [-0.4, -0.2) is 41.1 Å². The summed E-state index contributed by atoms with van der Waals surface area (Å²) in [6.45, 7) is 1.88. The largest absolute Gasteiger partial charge is 0.496 e. The van der Waals surface area contributed by atoms with Gasteiger partial charge in [0.05, 0.1) is 40.0 Å². The zero-order valence-corrected chi connectivity index (χ0v) is 11.7. The minimum atomic E-state index is -0.113. The Labute approximate surface area is 113 Å². The summed E-state index contributed by atoms with van der Waals surface area (Å²) in [5.41, 5.74) is 6.65. The lowest BCUT2D eigenvalue weighted by molar-refractivity contribution is -0.0649. The second-order valence-electron chi connectivity index (χ2n) is 4.72. The molecular formula is C14H21NO4. The van der Waals surface area contributed by atoms with E-state index in [0.717, 1.165) is 23.5 Å². The average molecular weight is 267 g/mol. The van der Waals surface area contributed by atoms with Crippen LogP contribution in [0.2, 0.25) is 0 Å². The van der Waals surface area contributed by atoms with Crippen LogP contribution in [0.25, 0.3) is 0 Å². The first-order valence-electron chi connectivity index (χ1n) is 6.29. The topological polar surface area (TPSA) is 62.9 Å². The van der Waals surface area contributed by atoms with E-state index >= 15 is 0 Å².